The number of hydrogen-bond donors (Lipinski definition) is 0. The number of benzene rings is 1. The molecule has 0 N–H and O–H groups in total. The maximum absolute atomic E-state index is 14.2. The fourth-order valence-electron chi connectivity index (χ4n) is 2.31. The molecule has 22 heavy (non-hydrogen) atoms. The minimum atomic E-state index is -2.18. The Kier molecular flexibility index (Phi) is 4.08. The molecule has 2 rings (SSSR count). The maximum Gasteiger partial charge on any atom is 0.497 e. The Morgan fingerprint density at radius 3 is 1.73 bits per heavy atom. The van der Waals surface area contributed by atoms with Crippen LogP contribution in [0.2, 0.25) is 19.6 Å². The van der Waals surface area contributed by atoms with E-state index in [1.165, 1.54) is 6.07 Å². The van der Waals surface area contributed by atoms with Gasteiger partial charge in [-0.25, -0.2) is 13.2 Å². The molecule has 0 amide bonds. The van der Waals surface area contributed by atoms with Gasteiger partial charge in [-0.3, -0.25) is 0 Å². The van der Waals surface area contributed by atoms with E-state index in [0.29, 0.717) is 0 Å². The number of hydrogen-bond acceptors (Lipinski definition) is 2. The third kappa shape index (κ3) is 2.74. The van der Waals surface area contributed by atoms with Gasteiger partial charge in [-0.2, -0.15) is 0 Å². The van der Waals surface area contributed by atoms with Gasteiger partial charge < -0.3 is 9.31 Å². The summed E-state index contributed by atoms with van der Waals surface area (Å²) in [7, 11) is -3.22. The van der Waals surface area contributed by atoms with E-state index in [9.17, 15) is 13.2 Å². The highest BCUT2D eigenvalue weighted by Crippen LogP contribution is 2.36. The Balaban J connectivity index is 2.56. The molecule has 0 unspecified atom stereocenters. The van der Waals surface area contributed by atoms with Gasteiger partial charge in [0.1, 0.15) is 0 Å². The minimum Gasteiger partial charge on any atom is -0.399 e. The third-order valence-corrected chi connectivity index (χ3v) is 6.47. The Morgan fingerprint density at radius 2 is 1.32 bits per heavy atom. The molecule has 0 spiro atoms. The van der Waals surface area contributed by atoms with Crippen LogP contribution in [-0.4, -0.2) is 26.4 Å². The van der Waals surface area contributed by atoms with Gasteiger partial charge in [0.2, 0.25) is 0 Å². The second-order valence-corrected chi connectivity index (χ2v) is 12.8. The molecule has 0 atom stereocenters. The first kappa shape index (κ1) is 17.6. The molecular weight excluding hydrogens is 308 g/mol. The molecule has 2 nitrogen and oxygen atoms in total. The standard InChI is InChI=1S/C15H22BF3O2Si/c1-14(2)15(3,4)21-16(20-14)9-8-10(22(5,6)7)12(18)13(19)11(9)17/h8H,1-7H3. The average molecular weight is 330 g/mol. The number of halogens is 3. The highest BCUT2D eigenvalue weighted by Gasteiger charge is 2.53. The molecule has 7 heteroatoms. The largest absolute Gasteiger partial charge is 0.497 e. The van der Waals surface area contributed by atoms with Crippen LogP contribution in [0.5, 0.6) is 0 Å². The lowest BCUT2D eigenvalue weighted by Crippen LogP contribution is -2.47. The molecule has 1 aliphatic heterocycles. The Morgan fingerprint density at radius 1 is 0.864 bits per heavy atom. The molecule has 1 fully saturated rings. The van der Waals surface area contributed by atoms with Crippen LogP contribution in [0.4, 0.5) is 13.2 Å². The predicted octanol–water partition coefficient (Wildman–Crippen LogP) is 2.95. The van der Waals surface area contributed by atoms with Crippen molar-refractivity contribution in [1.29, 1.82) is 0 Å². The van der Waals surface area contributed by atoms with E-state index < -0.39 is 43.8 Å². The molecule has 1 heterocycles. The van der Waals surface area contributed by atoms with E-state index in [-0.39, 0.29) is 10.6 Å². The summed E-state index contributed by atoms with van der Waals surface area (Å²) >= 11 is 0. The van der Waals surface area contributed by atoms with Crippen LogP contribution >= 0.6 is 0 Å². The first-order chi connectivity index (χ1) is 9.78. The smallest absolute Gasteiger partial charge is 0.399 e. The summed E-state index contributed by atoms with van der Waals surface area (Å²) in [6, 6.07) is 1.36. The van der Waals surface area contributed by atoms with Crippen molar-refractivity contribution in [3.8, 4) is 0 Å². The zero-order valence-corrected chi connectivity index (χ0v) is 15.1. The molecule has 1 saturated heterocycles. The molecule has 0 aliphatic carbocycles. The van der Waals surface area contributed by atoms with E-state index in [1.807, 2.05) is 47.3 Å². The van der Waals surface area contributed by atoms with Crippen molar-refractivity contribution in [3.05, 3.63) is 23.5 Å². The lowest BCUT2D eigenvalue weighted by atomic mass is 9.78. The third-order valence-electron chi connectivity index (χ3n) is 4.49. The summed E-state index contributed by atoms with van der Waals surface area (Å²) in [5.74, 6) is -3.79. The van der Waals surface area contributed by atoms with Crippen molar-refractivity contribution >= 4 is 25.8 Å². The molecule has 0 saturated carbocycles. The molecular formula is C15H22BF3O2Si. The first-order valence-corrected chi connectivity index (χ1v) is 10.8. The summed E-state index contributed by atoms with van der Waals surface area (Å²) < 4.78 is 53.8. The van der Waals surface area contributed by atoms with E-state index in [0.717, 1.165) is 0 Å². The van der Waals surface area contributed by atoms with Crippen molar-refractivity contribution < 1.29 is 22.5 Å². The van der Waals surface area contributed by atoms with Crippen LogP contribution in [0.25, 0.3) is 0 Å². The lowest BCUT2D eigenvalue weighted by Gasteiger charge is -2.32. The van der Waals surface area contributed by atoms with Crippen LogP contribution in [0.3, 0.4) is 0 Å². The van der Waals surface area contributed by atoms with E-state index in [2.05, 4.69) is 0 Å². The van der Waals surface area contributed by atoms with E-state index >= 15 is 0 Å². The Hall–Kier alpha value is -0.788. The van der Waals surface area contributed by atoms with Crippen LogP contribution in [0.1, 0.15) is 27.7 Å². The van der Waals surface area contributed by atoms with Gasteiger partial charge in [-0.05, 0) is 32.9 Å². The summed E-state index contributed by atoms with van der Waals surface area (Å²) in [4.78, 5) is 0. The Bertz CT molecular complexity index is 596. The van der Waals surface area contributed by atoms with Crippen LogP contribution < -0.4 is 10.6 Å². The van der Waals surface area contributed by atoms with Gasteiger partial charge in [-0.15, -0.1) is 0 Å². The topological polar surface area (TPSA) is 18.5 Å². The fraction of sp³-hybridized carbons (Fsp3) is 0.600. The average Bonchev–Trinajstić information content (AvgIpc) is 2.54. The van der Waals surface area contributed by atoms with Gasteiger partial charge in [0.15, 0.2) is 17.5 Å². The first-order valence-electron chi connectivity index (χ1n) is 7.31. The van der Waals surface area contributed by atoms with Gasteiger partial charge >= 0.3 is 7.12 Å². The van der Waals surface area contributed by atoms with Crippen LogP contribution in [-0.2, 0) is 9.31 Å². The quantitative estimate of drug-likeness (QED) is 0.613. The fourth-order valence-corrected chi connectivity index (χ4v) is 3.67. The monoisotopic (exact) mass is 330 g/mol. The second-order valence-electron chi connectivity index (χ2n) is 7.79. The highest BCUT2D eigenvalue weighted by molar-refractivity contribution is 6.89. The van der Waals surface area contributed by atoms with Crippen molar-refractivity contribution in [2.45, 2.75) is 58.5 Å². The molecule has 0 bridgehead atoms. The summed E-state index contributed by atoms with van der Waals surface area (Å²) in [6.07, 6.45) is 0. The summed E-state index contributed by atoms with van der Waals surface area (Å²) in [5, 5.41) is 0.233. The normalized spacial score (nSPS) is 20.5. The van der Waals surface area contributed by atoms with Gasteiger partial charge in [0, 0.05) is 5.46 Å². The van der Waals surface area contributed by atoms with E-state index in [1.54, 1.807) is 0 Å². The Labute approximate surface area is 131 Å². The SMILES string of the molecule is CC1(C)OB(c2cc([Si](C)(C)C)c(F)c(F)c2F)OC1(C)C. The summed E-state index contributed by atoms with van der Waals surface area (Å²) in [6.45, 7) is 12.9. The zero-order chi connectivity index (χ0) is 17.1. The molecule has 1 aromatic rings. The van der Waals surface area contributed by atoms with Crippen LogP contribution in [0, 0.1) is 17.5 Å². The van der Waals surface area contributed by atoms with Crippen molar-refractivity contribution in [2.24, 2.45) is 0 Å². The zero-order valence-electron chi connectivity index (χ0n) is 14.1. The van der Waals surface area contributed by atoms with Gasteiger partial charge in [0.05, 0.1) is 19.3 Å². The van der Waals surface area contributed by atoms with Crippen molar-refractivity contribution in [3.63, 3.8) is 0 Å². The second kappa shape index (κ2) is 5.11. The molecule has 122 valence electrons. The maximum atomic E-state index is 14.2. The van der Waals surface area contributed by atoms with Gasteiger partial charge in [0.25, 0.3) is 0 Å². The lowest BCUT2D eigenvalue weighted by molar-refractivity contribution is 0.00578. The molecule has 1 aromatic carbocycles. The number of rotatable bonds is 2. The minimum absolute atomic E-state index is 0.0741. The van der Waals surface area contributed by atoms with Gasteiger partial charge in [-0.1, -0.05) is 25.7 Å². The van der Waals surface area contributed by atoms with Crippen molar-refractivity contribution in [1.82, 2.24) is 0 Å². The van der Waals surface area contributed by atoms with E-state index in [4.69, 9.17) is 9.31 Å². The molecule has 0 aromatic heterocycles. The predicted molar refractivity (Wildman–Crippen MR) is 85.0 cm³/mol. The molecule has 1 aliphatic rings. The van der Waals surface area contributed by atoms with Crippen LogP contribution in [0.15, 0.2) is 6.07 Å². The highest BCUT2D eigenvalue weighted by atomic mass is 28.3. The summed E-state index contributed by atoms with van der Waals surface area (Å²) in [5.41, 5.74) is -1.42. The molecule has 0 radical (unpaired) electrons. The van der Waals surface area contributed by atoms with Crippen molar-refractivity contribution in [2.75, 3.05) is 0 Å².